The van der Waals surface area contributed by atoms with Gasteiger partial charge in [0.25, 0.3) is 0 Å². The fourth-order valence-electron chi connectivity index (χ4n) is 1.49. The fraction of sp³-hybridized carbons (Fsp3) is 0.385. The molecule has 1 aromatic carbocycles. The summed E-state index contributed by atoms with van der Waals surface area (Å²) >= 11 is 4.21. The smallest absolute Gasteiger partial charge is 0.00950 e. The minimum Gasteiger partial charge on any atom is -0.179 e. The van der Waals surface area contributed by atoms with Gasteiger partial charge < -0.3 is 0 Å². The van der Waals surface area contributed by atoms with Crippen LogP contribution in [-0.4, -0.2) is 5.75 Å². The van der Waals surface area contributed by atoms with E-state index in [1.165, 1.54) is 17.6 Å². The van der Waals surface area contributed by atoms with Crippen molar-refractivity contribution >= 4 is 18.2 Å². The van der Waals surface area contributed by atoms with Crippen molar-refractivity contribution in [3.8, 4) is 0 Å². The molecule has 0 aromatic heterocycles. The topological polar surface area (TPSA) is 0 Å². The first-order chi connectivity index (χ1) is 6.88. The van der Waals surface area contributed by atoms with Gasteiger partial charge in [-0.2, -0.15) is 12.6 Å². The second-order valence-corrected chi connectivity index (χ2v) is 3.76. The molecular formula is C13H18S. The second-order valence-electron chi connectivity index (χ2n) is 3.31. The van der Waals surface area contributed by atoms with Crippen LogP contribution in [0.1, 0.15) is 31.7 Å². The van der Waals surface area contributed by atoms with Crippen molar-refractivity contribution in [2.24, 2.45) is 0 Å². The Labute approximate surface area is 92.5 Å². The maximum atomic E-state index is 4.21. The lowest BCUT2D eigenvalue weighted by molar-refractivity contribution is 0.971. The van der Waals surface area contributed by atoms with Crippen molar-refractivity contribution in [2.75, 3.05) is 5.75 Å². The SMILES string of the molecule is CC/C(=C\CCCS)c1ccccc1. The summed E-state index contributed by atoms with van der Waals surface area (Å²) in [6, 6.07) is 10.6. The van der Waals surface area contributed by atoms with E-state index < -0.39 is 0 Å². The molecule has 0 nitrogen and oxygen atoms in total. The lowest BCUT2D eigenvalue weighted by Crippen LogP contribution is -1.83. The van der Waals surface area contributed by atoms with Crippen LogP contribution in [0.3, 0.4) is 0 Å². The molecule has 1 heteroatoms. The number of benzene rings is 1. The molecule has 0 radical (unpaired) electrons. The average molecular weight is 206 g/mol. The van der Waals surface area contributed by atoms with Crippen LogP contribution in [-0.2, 0) is 0 Å². The third-order valence-corrected chi connectivity index (χ3v) is 2.59. The molecule has 0 atom stereocenters. The van der Waals surface area contributed by atoms with Crippen LogP contribution in [0, 0.1) is 0 Å². The van der Waals surface area contributed by atoms with Gasteiger partial charge in [0, 0.05) is 0 Å². The van der Waals surface area contributed by atoms with Crippen LogP contribution in [0.15, 0.2) is 36.4 Å². The van der Waals surface area contributed by atoms with E-state index in [4.69, 9.17) is 0 Å². The number of thiol groups is 1. The highest BCUT2D eigenvalue weighted by Crippen LogP contribution is 2.18. The summed E-state index contributed by atoms with van der Waals surface area (Å²) in [7, 11) is 0. The van der Waals surface area contributed by atoms with Gasteiger partial charge in [0.15, 0.2) is 0 Å². The maximum absolute atomic E-state index is 4.21. The average Bonchev–Trinajstić information content (AvgIpc) is 2.26. The third-order valence-electron chi connectivity index (χ3n) is 2.28. The molecule has 0 aliphatic rings. The molecule has 0 N–H and O–H groups in total. The van der Waals surface area contributed by atoms with Crippen LogP contribution in [0.2, 0.25) is 0 Å². The second kappa shape index (κ2) is 6.72. The zero-order valence-electron chi connectivity index (χ0n) is 8.74. The molecule has 0 unspecified atom stereocenters. The molecule has 0 saturated carbocycles. The molecular weight excluding hydrogens is 188 g/mol. The largest absolute Gasteiger partial charge is 0.179 e. The van der Waals surface area contributed by atoms with Crippen molar-refractivity contribution < 1.29 is 0 Å². The van der Waals surface area contributed by atoms with Crippen LogP contribution >= 0.6 is 12.6 Å². The minimum atomic E-state index is 0.974. The Kier molecular flexibility index (Phi) is 5.46. The van der Waals surface area contributed by atoms with Gasteiger partial charge in [0.2, 0.25) is 0 Å². The summed E-state index contributed by atoms with van der Waals surface area (Å²) in [4.78, 5) is 0. The maximum Gasteiger partial charge on any atom is -0.00950 e. The zero-order valence-corrected chi connectivity index (χ0v) is 9.63. The third kappa shape index (κ3) is 3.59. The van der Waals surface area contributed by atoms with Crippen molar-refractivity contribution in [1.29, 1.82) is 0 Å². The summed E-state index contributed by atoms with van der Waals surface area (Å²) < 4.78 is 0. The van der Waals surface area contributed by atoms with Crippen LogP contribution in [0.25, 0.3) is 5.57 Å². The van der Waals surface area contributed by atoms with Crippen LogP contribution in [0.5, 0.6) is 0 Å². The molecule has 76 valence electrons. The van der Waals surface area contributed by atoms with E-state index in [1.54, 1.807) is 0 Å². The predicted octanol–water partition coefficient (Wildman–Crippen LogP) is 4.19. The summed E-state index contributed by atoms with van der Waals surface area (Å²) in [6.07, 6.45) is 5.75. The van der Waals surface area contributed by atoms with E-state index in [0.29, 0.717) is 0 Å². The molecule has 0 spiro atoms. The summed E-state index contributed by atoms with van der Waals surface area (Å²) in [5.41, 5.74) is 2.81. The van der Waals surface area contributed by atoms with Crippen molar-refractivity contribution in [3.05, 3.63) is 42.0 Å². The summed E-state index contributed by atoms with van der Waals surface area (Å²) in [5, 5.41) is 0. The van der Waals surface area contributed by atoms with Gasteiger partial charge in [0.05, 0.1) is 0 Å². The molecule has 14 heavy (non-hydrogen) atoms. The molecule has 1 aromatic rings. The van der Waals surface area contributed by atoms with E-state index in [-0.39, 0.29) is 0 Å². The highest BCUT2D eigenvalue weighted by atomic mass is 32.1. The number of rotatable bonds is 5. The Balaban J connectivity index is 2.67. The molecule has 0 fully saturated rings. The van der Waals surface area contributed by atoms with Gasteiger partial charge >= 0.3 is 0 Å². The number of hydrogen-bond acceptors (Lipinski definition) is 1. The first-order valence-electron chi connectivity index (χ1n) is 5.23. The first-order valence-corrected chi connectivity index (χ1v) is 5.87. The van der Waals surface area contributed by atoms with Gasteiger partial charge in [-0.1, -0.05) is 43.3 Å². The Morgan fingerprint density at radius 1 is 1.29 bits per heavy atom. The van der Waals surface area contributed by atoms with Gasteiger partial charge in [-0.25, -0.2) is 0 Å². The van der Waals surface area contributed by atoms with E-state index in [1.807, 2.05) is 0 Å². The van der Waals surface area contributed by atoms with Crippen molar-refractivity contribution in [1.82, 2.24) is 0 Å². The zero-order chi connectivity index (χ0) is 10.2. The predicted molar refractivity (Wildman–Crippen MR) is 67.8 cm³/mol. The van der Waals surface area contributed by atoms with E-state index in [2.05, 4.69) is 56.0 Å². The lowest BCUT2D eigenvalue weighted by atomic mass is 10.0. The first kappa shape index (κ1) is 11.4. The molecule has 0 aliphatic heterocycles. The Bertz CT molecular complexity index is 275. The monoisotopic (exact) mass is 206 g/mol. The molecule has 0 amide bonds. The van der Waals surface area contributed by atoms with Gasteiger partial charge in [-0.15, -0.1) is 0 Å². The fourth-order valence-corrected chi connectivity index (χ4v) is 1.67. The highest BCUT2D eigenvalue weighted by molar-refractivity contribution is 7.80. The van der Waals surface area contributed by atoms with E-state index in [9.17, 15) is 0 Å². The minimum absolute atomic E-state index is 0.974. The summed E-state index contributed by atoms with van der Waals surface area (Å²) in [5.74, 6) is 0.974. The Morgan fingerprint density at radius 3 is 2.57 bits per heavy atom. The summed E-state index contributed by atoms with van der Waals surface area (Å²) in [6.45, 7) is 2.21. The molecule has 0 aliphatic carbocycles. The van der Waals surface area contributed by atoms with Gasteiger partial charge in [-0.3, -0.25) is 0 Å². The normalized spacial score (nSPS) is 11.7. The molecule has 0 heterocycles. The highest BCUT2D eigenvalue weighted by Gasteiger charge is 1.96. The van der Waals surface area contributed by atoms with Crippen LogP contribution < -0.4 is 0 Å². The molecule has 0 bridgehead atoms. The Hall–Kier alpha value is -0.690. The van der Waals surface area contributed by atoms with Crippen molar-refractivity contribution in [2.45, 2.75) is 26.2 Å². The number of unbranched alkanes of at least 4 members (excludes halogenated alkanes) is 1. The van der Waals surface area contributed by atoms with Gasteiger partial charge in [-0.05, 0) is 36.2 Å². The molecule has 0 saturated heterocycles. The number of hydrogen-bond donors (Lipinski definition) is 1. The van der Waals surface area contributed by atoms with E-state index >= 15 is 0 Å². The quantitative estimate of drug-likeness (QED) is 0.542. The van der Waals surface area contributed by atoms with E-state index in [0.717, 1.165) is 18.6 Å². The van der Waals surface area contributed by atoms with Crippen molar-refractivity contribution in [3.63, 3.8) is 0 Å². The Morgan fingerprint density at radius 2 is 2.00 bits per heavy atom. The van der Waals surface area contributed by atoms with Crippen LogP contribution in [0.4, 0.5) is 0 Å². The molecule has 1 rings (SSSR count). The van der Waals surface area contributed by atoms with Gasteiger partial charge in [0.1, 0.15) is 0 Å². The standard InChI is InChI=1S/C13H18S/c1-2-12(8-6-7-11-14)13-9-4-3-5-10-13/h3-5,8-10,14H,2,6-7,11H2,1H3/b12-8+. The lowest BCUT2D eigenvalue weighted by Gasteiger charge is -2.04. The number of allylic oxidation sites excluding steroid dienone is 2.